The van der Waals surface area contributed by atoms with Gasteiger partial charge < -0.3 is 10.1 Å². The minimum absolute atomic E-state index is 0.135. The van der Waals surface area contributed by atoms with Crippen LogP contribution in [0, 0.1) is 5.41 Å². The summed E-state index contributed by atoms with van der Waals surface area (Å²) in [6.45, 7) is 7.73. The van der Waals surface area contributed by atoms with Crippen molar-refractivity contribution in [2.75, 3.05) is 12.4 Å². The molecule has 0 aliphatic carbocycles. The minimum Gasteiger partial charge on any atom is -0.445 e. The average molecular weight is 357 g/mol. The summed E-state index contributed by atoms with van der Waals surface area (Å²) < 4.78 is 33.7. The molecular weight excluding hydrogens is 330 g/mol. The first kappa shape index (κ1) is 20.4. The van der Waals surface area contributed by atoms with Crippen LogP contribution in [0.4, 0.5) is 4.79 Å². The maximum absolute atomic E-state index is 11.8. The first-order chi connectivity index (χ1) is 11.1. The first-order valence-corrected chi connectivity index (χ1v) is 9.49. The van der Waals surface area contributed by atoms with Crippen molar-refractivity contribution < 1.29 is 22.1 Å². The summed E-state index contributed by atoms with van der Waals surface area (Å²) in [5.41, 5.74) is 0.663. The van der Waals surface area contributed by atoms with Crippen molar-refractivity contribution in [1.29, 1.82) is 0 Å². The zero-order chi connectivity index (χ0) is 18.2. The number of rotatable bonds is 8. The van der Waals surface area contributed by atoms with Gasteiger partial charge in [-0.2, -0.15) is 8.42 Å². The van der Waals surface area contributed by atoms with E-state index in [9.17, 15) is 13.2 Å². The molecule has 1 unspecified atom stereocenters. The van der Waals surface area contributed by atoms with Crippen LogP contribution < -0.4 is 5.32 Å². The van der Waals surface area contributed by atoms with Crippen LogP contribution in [0.3, 0.4) is 0 Å². The summed E-state index contributed by atoms with van der Waals surface area (Å²) in [6.07, 6.45) is -0.313. The highest BCUT2D eigenvalue weighted by molar-refractivity contribution is 7.86. The smallest absolute Gasteiger partial charge is 0.407 e. The van der Waals surface area contributed by atoms with Gasteiger partial charge in [-0.15, -0.1) is 0 Å². The largest absolute Gasteiger partial charge is 0.445 e. The van der Waals surface area contributed by atoms with E-state index < -0.39 is 16.2 Å². The van der Waals surface area contributed by atoms with Gasteiger partial charge in [-0.05, 0) is 24.3 Å². The highest BCUT2D eigenvalue weighted by atomic mass is 32.2. The SMILES string of the molecule is CC(CCS(=O)(=O)OCC(C)(C)C)NC(=O)OCc1ccccc1. The van der Waals surface area contributed by atoms with Crippen molar-refractivity contribution in [2.45, 2.75) is 46.8 Å². The van der Waals surface area contributed by atoms with Crippen LogP contribution in [0.2, 0.25) is 0 Å². The molecule has 0 bridgehead atoms. The van der Waals surface area contributed by atoms with Crippen LogP contribution in [-0.2, 0) is 25.6 Å². The Kier molecular flexibility index (Phi) is 7.69. The molecule has 7 heteroatoms. The molecule has 0 radical (unpaired) electrons. The van der Waals surface area contributed by atoms with Gasteiger partial charge in [0.15, 0.2) is 0 Å². The zero-order valence-electron chi connectivity index (χ0n) is 14.7. The molecule has 0 spiro atoms. The van der Waals surface area contributed by atoms with Gasteiger partial charge in [-0.1, -0.05) is 51.1 Å². The number of carbonyl (C=O) groups excluding carboxylic acids is 1. The lowest BCUT2D eigenvalue weighted by atomic mass is 9.99. The number of alkyl carbamates (subject to hydrolysis) is 1. The van der Waals surface area contributed by atoms with Gasteiger partial charge in [0.2, 0.25) is 0 Å². The van der Waals surface area contributed by atoms with E-state index in [1.807, 2.05) is 51.1 Å². The Bertz CT molecular complexity index is 608. The molecule has 0 aliphatic rings. The van der Waals surface area contributed by atoms with E-state index in [1.165, 1.54) is 0 Å². The van der Waals surface area contributed by atoms with E-state index in [4.69, 9.17) is 8.92 Å². The van der Waals surface area contributed by atoms with Crippen LogP contribution in [0.5, 0.6) is 0 Å². The van der Waals surface area contributed by atoms with Crippen LogP contribution in [0.1, 0.15) is 39.7 Å². The third-order valence-electron chi connectivity index (χ3n) is 3.05. The number of hydrogen-bond donors (Lipinski definition) is 1. The second-order valence-electron chi connectivity index (χ2n) is 6.98. The molecule has 1 aromatic rings. The summed E-state index contributed by atoms with van der Waals surface area (Å²) in [5, 5.41) is 2.61. The van der Waals surface area contributed by atoms with Crippen LogP contribution >= 0.6 is 0 Å². The lowest BCUT2D eigenvalue weighted by Gasteiger charge is -2.18. The second kappa shape index (κ2) is 9.03. The lowest BCUT2D eigenvalue weighted by Crippen LogP contribution is -2.34. The maximum atomic E-state index is 11.8. The van der Waals surface area contributed by atoms with Crippen molar-refractivity contribution in [3.05, 3.63) is 35.9 Å². The van der Waals surface area contributed by atoms with Gasteiger partial charge in [0.05, 0.1) is 12.4 Å². The van der Waals surface area contributed by atoms with Crippen LogP contribution in [-0.4, -0.2) is 32.9 Å². The van der Waals surface area contributed by atoms with Crippen molar-refractivity contribution in [2.24, 2.45) is 5.41 Å². The van der Waals surface area contributed by atoms with Crippen LogP contribution in [0.15, 0.2) is 30.3 Å². The van der Waals surface area contributed by atoms with E-state index in [0.717, 1.165) is 5.56 Å². The van der Waals surface area contributed by atoms with E-state index in [1.54, 1.807) is 6.92 Å². The van der Waals surface area contributed by atoms with Crippen molar-refractivity contribution in [1.82, 2.24) is 5.32 Å². The molecule has 0 saturated carbocycles. The molecular formula is C17H27NO5S. The van der Waals surface area contributed by atoms with Gasteiger partial charge in [0, 0.05) is 6.04 Å². The summed E-state index contributed by atoms with van der Waals surface area (Å²) >= 11 is 0. The van der Waals surface area contributed by atoms with Gasteiger partial charge in [-0.25, -0.2) is 4.79 Å². The topological polar surface area (TPSA) is 81.7 Å². The number of ether oxygens (including phenoxy) is 1. The standard InChI is InChI=1S/C17H27NO5S/c1-14(10-11-24(20,21)23-13-17(2,3)4)18-16(19)22-12-15-8-6-5-7-9-15/h5-9,14H,10-13H2,1-4H3,(H,18,19). The van der Waals surface area contributed by atoms with Crippen LogP contribution in [0.25, 0.3) is 0 Å². The fourth-order valence-corrected chi connectivity index (χ4v) is 2.98. The normalized spacial score (nSPS) is 13.3. The Labute approximate surface area is 144 Å². The molecule has 6 nitrogen and oxygen atoms in total. The average Bonchev–Trinajstić information content (AvgIpc) is 2.50. The summed E-state index contributed by atoms with van der Waals surface area (Å²) in [6, 6.07) is 8.99. The Balaban J connectivity index is 2.29. The van der Waals surface area contributed by atoms with Gasteiger partial charge in [-0.3, -0.25) is 4.18 Å². The fourth-order valence-electron chi connectivity index (χ4n) is 1.68. The Morgan fingerprint density at radius 3 is 2.42 bits per heavy atom. The van der Waals surface area contributed by atoms with Crippen molar-refractivity contribution in [3.8, 4) is 0 Å². The third kappa shape index (κ3) is 9.52. The maximum Gasteiger partial charge on any atom is 0.407 e. The molecule has 136 valence electrons. The van der Waals surface area contributed by atoms with E-state index >= 15 is 0 Å². The molecule has 1 atom stereocenters. The third-order valence-corrected chi connectivity index (χ3v) is 4.26. The minimum atomic E-state index is -3.59. The Morgan fingerprint density at radius 1 is 1.21 bits per heavy atom. The highest BCUT2D eigenvalue weighted by Gasteiger charge is 2.19. The van der Waals surface area contributed by atoms with Crippen molar-refractivity contribution in [3.63, 3.8) is 0 Å². The van der Waals surface area contributed by atoms with Gasteiger partial charge in [0.25, 0.3) is 10.1 Å². The predicted octanol–water partition coefficient (Wildman–Crippen LogP) is 3.08. The second-order valence-corrected chi connectivity index (χ2v) is 8.74. The predicted molar refractivity (Wildman–Crippen MR) is 93.0 cm³/mol. The quantitative estimate of drug-likeness (QED) is 0.723. The Hall–Kier alpha value is -1.60. The summed E-state index contributed by atoms with van der Waals surface area (Å²) in [7, 11) is -3.59. The molecule has 0 fully saturated rings. The molecule has 0 aliphatic heterocycles. The molecule has 0 aromatic heterocycles. The molecule has 1 amide bonds. The summed E-state index contributed by atoms with van der Waals surface area (Å²) in [4.78, 5) is 11.7. The molecule has 24 heavy (non-hydrogen) atoms. The zero-order valence-corrected chi connectivity index (χ0v) is 15.6. The Morgan fingerprint density at radius 2 is 1.83 bits per heavy atom. The van der Waals surface area contributed by atoms with Gasteiger partial charge in [0.1, 0.15) is 6.61 Å². The van der Waals surface area contributed by atoms with Crippen molar-refractivity contribution >= 4 is 16.2 Å². The lowest BCUT2D eigenvalue weighted by molar-refractivity contribution is 0.136. The number of carbonyl (C=O) groups is 1. The van der Waals surface area contributed by atoms with Gasteiger partial charge >= 0.3 is 6.09 Å². The molecule has 1 rings (SSSR count). The number of hydrogen-bond acceptors (Lipinski definition) is 5. The molecule has 0 saturated heterocycles. The highest BCUT2D eigenvalue weighted by Crippen LogP contribution is 2.15. The number of benzene rings is 1. The van der Waals surface area contributed by atoms with E-state index in [2.05, 4.69) is 5.32 Å². The first-order valence-electron chi connectivity index (χ1n) is 7.92. The summed E-state index contributed by atoms with van der Waals surface area (Å²) in [5.74, 6) is -0.150. The van der Waals surface area contributed by atoms with E-state index in [-0.39, 0.29) is 36.8 Å². The molecule has 1 N–H and O–H groups in total. The molecule has 1 aromatic carbocycles. The number of nitrogens with one attached hydrogen (secondary N) is 1. The number of amides is 1. The van der Waals surface area contributed by atoms with E-state index in [0.29, 0.717) is 0 Å². The molecule has 0 heterocycles. The fraction of sp³-hybridized carbons (Fsp3) is 0.588. The monoisotopic (exact) mass is 357 g/mol.